The summed E-state index contributed by atoms with van der Waals surface area (Å²) >= 11 is 0. The van der Waals surface area contributed by atoms with Crippen LogP contribution in [0.15, 0.2) is 71.7 Å². The maximum atomic E-state index is 12.4. The third-order valence-corrected chi connectivity index (χ3v) is 4.36. The van der Waals surface area contributed by atoms with Crippen LogP contribution in [0.3, 0.4) is 0 Å². The fraction of sp³-hybridized carbons (Fsp3) is 0.0500. The highest BCUT2D eigenvalue weighted by Crippen LogP contribution is 2.24. The van der Waals surface area contributed by atoms with Gasteiger partial charge in [0, 0.05) is 6.07 Å². The highest BCUT2D eigenvalue weighted by Gasteiger charge is 2.18. The predicted molar refractivity (Wildman–Crippen MR) is 105 cm³/mol. The standard InChI is InChI=1S/C20H15N7O2/c1-13-10-17(24-20(28)16-8-5-9-29-16)27(25-13)19-15-11-23-26(18(15)21-12-22-19)14-6-3-2-4-7-14/h2-12H,1H3,(H,24,28). The Kier molecular flexibility index (Phi) is 3.91. The average molecular weight is 385 g/mol. The number of hydrogen-bond donors (Lipinski definition) is 1. The van der Waals surface area contributed by atoms with E-state index in [1.807, 2.05) is 37.3 Å². The topological polar surface area (TPSA) is 104 Å². The summed E-state index contributed by atoms with van der Waals surface area (Å²) in [6.45, 7) is 1.84. The molecular formula is C20H15N7O2. The summed E-state index contributed by atoms with van der Waals surface area (Å²) in [5.41, 5.74) is 2.25. The Morgan fingerprint density at radius 1 is 1.07 bits per heavy atom. The van der Waals surface area contributed by atoms with Crippen LogP contribution in [0, 0.1) is 6.92 Å². The van der Waals surface area contributed by atoms with E-state index in [2.05, 4.69) is 25.5 Å². The van der Waals surface area contributed by atoms with E-state index in [0.717, 1.165) is 11.4 Å². The highest BCUT2D eigenvalue weighted by molar-refractivity contribution is 6.02. The first-order valence-corrected chi connectivity index (χ1v) is 8.87. The number of carbonyl (C=O) groups excluding carboxylic acids is 1. The second-order valence-corrected chi connectivity index (χ2v) is 6.34. The Labute approximate surface area is 164 Å². The van der Waals surface area contributed by atoms with Crippen molar-refractivity contribution in [3.8, 4) is 11.5 Å². The zero-order chi connectivity index (χ0) is 19.8. The second kappa shape index (κ2) is 6.71. The van der Waals surface area contributed by atoms with E-state index in [9.17, 15) is 4.79 Å². The van der Waals surface area contributed by atoms with Gasteiger partial charge in [0.15, 0.2) is 17.2 Å². The Morgan fingerprint density at radius 3 is 2.72 bits per heavy atom. The number of para-hydroxylation sites is 1. The molecule has 9 nitrogen and oxygen atoms in total. The number of aryl methyl sites for hydroxylation is 1. The molecule has 0 saturated carbocycles. The Balaban J connectivity index is 1.60. The summed E-state index contributed by atoms with van der Waals surface area (Å²) in [5, 5.41) is 12.5. The maximum absolute atomic E-state index is 12.4. The van der Waals surface area contributed by atoms with Crippen molar-refractivity contribution in [2.75, 3.05) is 5.32 Å². The zero-order valence-electron chi connectivity index (χ0n) is 15.4. The van der Waals surface area contributed by atoms with Gasteiger partial charge in [0.25, 0.3) is 5.91 Å². The fourth-order valence-corrected chi connectivity index (χ4v) is 3.09. The van der Waals surface area contributed by atoms with Crippen LogP contribution in [0.2, 0.25) is 0 Å². The first-order valence-electron chi connectivity index (χ1n) is 8.87. The lowest BCUT2D eigenvalue weighted by Crippen LogP contribution is -2.15. The SMILES string of the molecule is Cc1cc(NC(=O)c2ccco2)n(-c2ncnc3c2cnn3-c2ccccc2)n1. The van der Waals surface area contributed by atoms with Gasteiger partial charge in [-0.2, -0.15) is 14.9 Å². The number of nitrogens with zero attached hydrogens (tertiary/aromatic N) is 6. The van der Waals surface area contributed by atoms with Crippen LogP contribution in [0.4, 0.5) is 5.82 Å². The lowest BCUT2D eigenvalue weighted by Gasteiger charge is -2.08. The number of carbonyl (C=O) groups is 1. The third kappa shape index (κ3) is 2.94. The molecule has 1 aromatic carbocycles. The van der Waals surface area contributed by atoms with E-state index in [-0.39, 0.29) is 11.7 Å². The minimum Gasteiger partial charge on any atom is -0.459 e. The van der Waals surface area contributed by atoms with Crippen LogP contribution in [-0.4, -0.2) is 35.4 Å². The molecule has 5 aromatic rings. The van der Waals surface area contributed by atoms with Crippen LogP contribution < -0.4 is 5.32 Å². The number of nitrogens with one attached hydrogen (secondary N) is 1. The molecule has 1 N–H and O–H groups in total. The first-order chi connectivity index (χ1) is 14.2. The minimum absolute atomic E-state index is 0.208. The molecule has 142 valence electrons. The fourth-order valence-electron chi connectivity index (χ4n) is 3.09. The summed E-state index contributed by atoms with van der Waals surface area (Å²) in [5.74, 6) is 0.818. The summed E-state index contributed by atoms with van der Waals surface area (Å²) in [6, 6.07) is 14.7. The van der Waals surface area contributed by atoms with Crippen molar-refractivity contribution in [2.45, 2.75) is 6.92 Å². The number of amides is 1. The van der Waals surface area contributed by atoms with Gasteiger partial charge in [-0.3, -0.25) is 4.79 Å². The lowest BCUT2D eigenvalue weighted by atomic mass is 10.3. The van der Waals surface area contributed by atoms with E-state index in [4.69, 9.17) is 4.42 Å². The van der Waals surface area contributed by atoms with Crippen molar-refractivity contribution >= 4 is 22.8 Å². The monoisotopic (exact) mass is 385 g/mol. The molecule has 4 heterocycles. The van der Waals surface area contributed by atoms with Crippen LogP contribution in [0.25, 0.3) is 22.5 Å². The van der Waals surface area contributed by atoms with E-state index >= 15 is 0 Å². The second-order valence-electron chi connectivity index (χ2n) is 6.34. The Morgan fingerprint density at radius 2 is 1.93 bits per heavy atom. The largest absolute Gasteiger partial charge is 0.459 e. The molecule has 1 amide bonds. The number of anilines is 1. The van der Waals surface area contributed by atoms with Crippen LogP contribution in [0.5, 0.6) is 0 Å². The van der Waals surface area contributed by atoms with Gasteiger partial charge in [-0.25, -0.2) is 14.6 Å². The van der Waals surface area contributed by atoms with Crippen molar-refractivity contribution in [2.24, 2.45) is 0 Å². The van der Waals surface area contributed by atoms with Gasteiger partial charge in [0.1, 0.15) is 12.1 Å². The number of rotatable bonds is 4. The quantitative estimate of drug-likeness (QED) is 0.510. The summed E-state index contributed by atoms with van der Waals surface area (Å²) in [6.07, 6.45) is 4.59. The molecule has 0 unspecified atom stereocenters. The third-order valence-electron chi connectivity index (χ3n) is 4.36. The van der Waals surface area contributed by atoms with Crippen molar-refractivity contribution in [1.29, 1.82) is 0 Å². The molecule has 4 aromatic heterocycles. The molecule has 0 spiro atoms. The van der Waals surface area contributed by atoms with Gasteiger partial charge < -0.3 is 9.73 Å². The summed E-state index contributed by atoms with van der Waals surface area (Å²) < 4.78 is 8.46. The first kappa shape index (κ1) is 16.9. The van der Waals surface area contributed by atoms with Crippen molar-refractivity contribution in [3.63, 3.8) is 0 Å². The van der Waals surface area contributed by atoms with E-state index in [0.29, 0.717) is 22.7 Å². The van der Waals surface area contributed by atoms with Gasteiger partial charge in [-0.15, -0.1) is 0 Å². The Hall–Kier alpha value is -4.27. The molecule has 29 heavy (non-hydrogen) atoms. The molecule has 0 radical (unpaired) electrons. The maximum Gasteiger partial charge on any atom is 0.292 e. The molecule has 0 atom stereocenters. The average Bonchev–Trinajstić information content (AvgIpc) is 3.48. The van der Waals surface area contributed by atoms with Gasteiger partial charge in [-0.1, -0.05) is 18.2 Å². The predicted octanol–water partition coefficient (Wildman–Crippen LogP) is 3.15. The number of aromatic nitrogens is 6. The van der Waals surface area contributed by atoms with Gasteiger partial charge in [0.2, 0.25) is 0 Å². The normalized spacial score (nSPS) is 11.1. The van der Waals surface area contributed by atoms with E-state index in [1.165, 1.54) is 12.6 Å². The lowest BCUT2D eigenvalue weighted by molar-refractivity contribution is 0.0996. The number of hydrogen-bond acceptors (Lipinski definition) is 6. The number of furan rings is 1. The molecular weight excluding hydrogens is 370 g/mol. The molecule has 0 bridgehead atoms. The zero-order valence-corrected chi connectivity index (χ0v) is 15.4. The molecule has 0 aliphatic rings. The molecule has 0 aliphatic carbocycles. The number of fused-ring (bicyclic) bond motifs is 1. The van der Waals surface area contributed by atoms with E-state index < -0.39 is 0 Å². The molecule has 9 heteroatoms. The smallest absolute Gasteiger partial charge is 0.292 e. The Bertz CT molecular complexity index is 1300. The molecule has 5 rings (SSSR count). The van der Waals surface area contributed by atoms with Crippen LogP contribution >= 0.6 is 0 Å². The van der Waals surface area contributed by atoms with E-state index in [1.54, 1.807) is 33.8 Å². The minimum atomic E-state index is -0.374. The van der Waals surface area contributed by atoms with Gasteiger partial charge >= 0.3 is 0 Å². The molecule has 0 saturated heterocycles. The van der Waals surface area contributed by atoms with Crippen LogP contribution in [-0.2, 0) is 0 Å². The summed E-state index contributed by atoms with van der Waals surface area (Å²) in [7, 11) is 0. The molecule has 0 fully saturated rings. The molecule has 0 aliphatic heterocycles. The van der Waals surface area contributed by atoms with Crippen molar-refractivity contribution in [1.82, 2.24) is 29.5 Å². The summed E-state index contributed by atoms with van der Waals surface area (Å²) in [4.78, 5) is 21.2. The van der Waals surface area contributed by atoms with Crippen molar-refractivity contribution < 1.29 is 9.21 Å². The van der Waals surface area contributed by atoms with Crippen molar-refractivity contribution in [3.05, 3.63) is 78.8 Å². The number of benzene rings is 1. The van der Waals surface area contributed by atoms with Crippen LogP contribution in [0.1, 0.15) is 16.2 Å². The van der Waals surface area contributed by atoms with Gasteiger partial charge in [0.05, 0.1) is 29.2 Å². The van der Waals surface area contributed by atoms with Gasteiger partial charge in [-0.05, 0) is 31.2 Å². The highest BCUT2D eigenvalue weighted by atomic mass is 16.3.